The van der Waals surface area contributed by atoms with E-state index in [4.69, 9.17) is 11.6 Å². The van der Waals surface area contributed by atoms with Crippen molar-refractivity contribution in [3.05, 3.63) is 58.7 Å². The molecule has 1 aromatic heterocycles. The molecule has 0 aliphatic carbocycles. The molecular weight excluding hydrogens is 320 g/mol. The number of hydrogen-bond acceptors (Lipinski definition) is 2. The van der Waals surface area contributed by atoms with E-state index < -0.39 is 0 Å². The predicted octanol–water partition coefficient (Wildman–Crippen LogP) is 4.29. The highest BCUT2D eigenvalue weighted by atomic mass is 35.5. The third kappa shape index (κ3) is 3.96. The van der Waals surface area contributed by atoms with E-state index in [1.54, 1.807) is 11.1 Å². The highest BCUT2D eigenvalue weighted by Gasteiger charge is 2.32. The molecule has 1 aliphatic heterocycles. The topological polar surface area (TPSA) is 33.2 Å². The van der Waals surface area contributed by atoms with E-state index in [9.17, 15) is 4.79 Å². The number of carbonyl (C=O) groups is 1. The molecule has 0 unspecified atom stereocenters. The molecule has 0 bridgehead atoms. The molecule has 3 rings (SSSR count). The maximum atomic E-state index is 12.3. The van der Waals surface area contributed by atoms with Crippen LogP contribution in [0.1, 0.15) is 37.8 Å². The maximum Gasteiger partial charge on any atom is 0.228 e. The van der Waals surface area contributed by atoms with Crippen LogP contribution in [0.25, 0.3) is 0 Å². The van der Waals surface area contributed by atoms with Crippen LogP contribution in [0, 0.1) is 17.3 Å². The van der Waals surface area contributed by atoms with Gasteiger partial charge in [0.2, 0.25) is 5.91 Å². The van der Waals surface area contributed by atoms with Crippen molar-refractivity contribution in [3.63, 3.8) is 0 Å². The van der Waals surface area contributed by atoms with Crippen LogP contribution in [-0.2, 0) is 4.79 Å². The predicted molar refractivity (Wildman–Crippen MR) is 97.0 cm³/mol. The lowest BCUT2D eigenvalue weighted by atomic mass is 9.82. The molecule has 2 heterocycles. The SMILES string of the molecule is CC1(C)CCN(c2ccc(C#Cc3cccc(Cl)c3)cn2)C(=O)C1. The number of pyridine rings is 1. The Labute approximate surface area is 147 Å². The van der Waals surface area contributed by atoms with Gasteiger partial charge in [-0.15, -0.1) is 0 Å². The Morgan fingerprint density at radius 2 is 1.96 bits per heavy atom. The number of halogens is 1. The Morgan fingerprint density at radius 3 is 2.62 bits per heavy atom. The second kappa shape index (κ2) is 6.67. The summed E-state index contributed by atoms with van der Waals surface area (Å²) in [6.07, 6.45) is 3.25. The summed E-state index contributed by atoms with van der Waals surface area (Å²) in [5.74, 6) is 6.97. The van der Waals surface area contributed by atoms with Crippen LogP contribution in [0.2, 0.25) is 5.02 Å². The molecule has 0 saturated carbocycles. The fourth-order valence-corrected chi connectivity index (χ4v) is 2.90. The minimum atomic E-state index is 0.0793. The minimum absolute atomic E-state index is 0.0793. The van der Waals surface area contributed by atoms with Crippen molar-refractivity contribution in [1.29, 1.82) is 0 Å². The molecule has 3 nitrogen and oxygen atoms in total. The normalized spacial score (nSPS) is 16.5. The Bertz CT molecular complexity index is 816. The number of carbonyl (C=O) groups excluding carboxylic acids is 1. The Hall–Kier alpha value is -2.31. The molecule has 0 N–H and O–H groups in total. The number of rotatable bonds is 1. The first kappa shape index (κ1) is 16.5. The minimum Gasteiger partial charge on any atom is -0.297 e. The Balaban J connectivity index is 1.74. The van der Waals surface area contributed by atoms with Crippen LogP contribution in [0.5, 0.6) is 0 Å². The van der Waals surface area contributed by atoms with Crippen molar-refractivity contribution in [3.8, 4) is 11.8 Å². The van der Waals surface area contributed by atoms with E-state index in [-0.39, 0.29) is 11.3 Å². The first-order chi connectivity index (χ1) is 11.4. The summed E-state index contributed by atoms with van der Waals surface area (Å²) in [6.45, 7) is 4.97. The third-order valence-electron chi connectivity index (χ3n) is 4.14. The zero-order valence-electron chi connectivity index (χ0n) is 13.8. The van der Waals surface area contributed by atoms with E-state index in [0.717, 1.165) is 17.5 Å². The van der Waals surface area contributed by atoms with Crippen LogP contribution in [0.3, 0.4) is 0 Å². The fourth-order valence-electron chi connectivity index (χ4n) is 2.70. The van der Waals surface area contributed by atoms with Gasteiger partial charge in [-0.3, -0.25) is 9.69 Å². The van der Waals surface area contributed by atoms with Crippen molar-refractivity contribution in [2.75, 3.05) is 11.4 Å². The van der Waals surface area contributed by atoms with E-state index in [1.165, 1.54) is 0 Å². The van der Waals surface area contributed by atoms with Gasteiger partial charge >= 0.3 is 0 Å². The monoisotopic (exact) mass is 338 g/mol. The lowest BCUT2D eigenvalue weighted by Gasteiger charge is -2.35. The molecular formula is C20H19ClN2O. The summed E-state index contributed by atoms with van der Waals surface area (Å²) in [5, 5.41) is 0.668. The molecule has 122 valence electrons. The van der Waals surface area contributed by atoms with Gasteiger partial charge in [-0.2, -0.15) is 0 Å². The van der Waals surface area contributed by atoms with Crippen LogP contribution < -0.4 is 4.90 Å². The van der Waals surface area contributed by atoms with Gasteiger partial charge in [0, 0.05) is 35.3 Å². The molecule has 2 aromatic rings. The zero-order valence-corrected chi connectivity index (χ0v) is 14.6. The molecule has 4 heteroatoms. The Kier molecular flexibility index (Phi) is 4.59. The first-order valence-electron chi connectivity index (χ1n) is 7.97. The van der Waals surface area contributed by atoms with E-state index in [1.807, 2.05) is 36.4 Å². The second-order valence-electron chi connectivity index (χ2n) is 6.80. The maximum absolute atomic E-state index is 12.3. The van der Waals surface area contributed by atoms with Gasteiger partial charge in [0.15, 0.2) is 0 Å². The van der Waals surface area contributed by atoms with Crippen molar-refractivity contribution in [2.24, 2.45) is 5.41 Å². The van der Waals surface area contributed by atoms with Gasteiger partial charge in [-0.1, -0.05) is 43.4 Å². The van der Waals surface area contributed by atoms with Crippen LogP contribution >= 0.6 is 11.6 Å². The molecule has 1 aromatic carbocycles. The van der Waals surface area contributed by atoms with Crippen LogP contribution in [-0.4, -0.2) is 17.4 Å². The van der Waals surface area contributed by atoms with Crippen LogP contribution in [0.15, 0.2) is 42.6 Å². The van der Waals surface area contributed by atoms with Gasteiger partial charge in [0.1, 0.15) is 5.82 Å². The number of amides is 1. The largest absolute Gasteiger partial charge is 0.297 e. The first-order valence-corrected chi connectivity index (χ1v) is 8.35. The standard InChI is InChI=1S/C20H19ClN2O/c1-20(2)10-11-23(19(24)13-20)18-9-8-16(14-22-18)7-6-15-4-3-5-17(21)12-15/h3-5,8-9,12,14H,10-11,13H2,1-2H3. The van der Waals surface area contributed by atoms with Gasteiger partial charge in [-0.05, 0) is 42.2 Å². The van der Waals surface area contributed by atoms with Gasteiger partial charge < -0.3 is 0 Å². The zero-order chi connectivity index (χ0) is 17.2. The summed E-state index contributed by atoms with van der Waals surface area (Å²) in [5.41, 5.74) is 1.75. The number of piperidine rings is 1. The van der Waals surface area contributed by atoms with E-state index in [0.29, 0.717) is 23.8 Å². The number of anilines is 1. The molecule has 1 saturated heterocycles. The quantitative estimate of drug-likeness (QED) is 0.727. The molecule has 0 spiro atoms. The summed E-state index contributed by atoms with van der Waals surface area (Å²) >= 11 is 5.95. The lowest BCUT2D eigenvalue weighted by Crippen LogP contribution is -2.42. The number of hydrogen-bond donors (Lipinski definition) is 0. The van der Waals surface area contributed by atoms with E-state index in [2.05, 4.69) is 30.7 Å². The highest BCUT2D eigenvalue weighted by molar-refractivity contribution is 6.30. The lowest BCUT2D eigenvalue weighted by molar-refractivity contribution is -0.122. The number of nitrogens with zero attached hydrogens (tertiary/aromatic N) is 2. The number of benzene rings is 1. The molecule has 1 aliphatic rings. The molecule has 24 heavy (non-hydrogen) atoms. The molecule has 1 amide bonds. The summed E-state index contributed by atoms with van der Waals surface area (Å²) < 4.78 is 0. The average molecular weight is 339 g/mol. The molecule has 1 fully saturated rings. The highest BCUT2D eigenvalue weighted by Crippen LogP contribution is 2.32. The average Bonchev–Trinajstić information content (AvgIpc) is 2.53. The Morgan fingerprint density at radius 1 is 1.17 bits per heavy atom. The van der Waals surface area contributed by atoms with Crippen molar-refractivity contribution in [1.82, 2.24) is 4.98 Å². The van der Waals surface area contributed by atoms with Crippen LogP contribution in [0.4, 0.5) is 5.82 Å². The van der Waals surface area contributed by atoms with Gasteiger partial charge in [-0.25, -0.2) is 4.98 Å². The van der Waals surface area contributed by atoms with Gasteiger partial charge in [0.25, 0.3) is 0 Å². The molecule has 0 atom stereocenters. The van der Waals surface area contributed by atoms with Gasteiger partial charge in [0.05, 0.1) is 0 Å². The molecule has 0 radical (unpaired) electrons. The summed E-state index contributed by atoms with van der Waals surface area (Å²) in [7, 11) is 0. The third-order valence-corrected chi connectivity index (χ3v) is 4.38. The van der Waals surface area contributed by atoms with Crippen molar-refractivity contribution < 1.29 is 4.79 Å². The van der Waals surface area contributed by atoms with Crippen molar-refractivity contribution in [2.45, 2.75) is 26.7 Å². The smallest absolute Gasteiger partial charge is 0.228 e. The fraction of sp³-hybridized carbons (Fsp3) is 0.300. The summed E-state index contributed by atoms with van der Waals surface area (Å²) in [6, 6.07) is 11.2. The van der Waals surface area contributed by atoms with E-state index >= 15 is 0 Å². The van der Waals surface area contributed by atoms with Crippen molar-refractivity contribution >= 4 is 23.3 Å². The number of aromatic nitrogens is 1. The second-order valence-corrected chi connectivity index (χ2v) is 7.24. The summed E-state index contributed by atoms with van der Waals surface area (Å²) in [4.78, 5) is 18.5.